The number of benzene rings is 2. The second kappa shape index (κ2) is 7.72. The second-order valence-corrected chi connectivity index (χ2v) is 7.18. The average Bonchev–Trinajstić information content (AvgIpc) is 2.63. The molecule has 0 saturated carbocycles. The van der Waals surface area contributed by atoms with Crippen molar-refractivity contribution in [2.45, 2.75) is 50.9 Å². The summed E-state index contributed by atoms with van der Waals surface area (Å²) in [7, 11) is 0. The number of hydrogen-bond acceptors (Lipinski definition) is 2. The van der Waals surface area contributed by atoms with E-state index in [0.29, 0.717) is 19.3 Å². The first-order valence-electron chi connectivity index (χ1n) is 8.97. The number of halogens is 3. The Kier molecular flexibility index (Phi) is 5.56. The third-order valence-electron chi connectivity index (χ3n) is 4.93. The summed E-state index contributed by atoms with van der Waals surface area (Å²) in [5, 5.41) is 2.98. The van der Waals surface area contributed by atoms with Crippen molar-refractivity contribution < 1.29 is 22.7 Å². The van der Waals surface area contributed by atoms with Crippen molar-refractivity contribution in [3.63, 3.8) is 0 Å². The van der Waals surface area contributed by atoms with Crippen molar-refractivity contribution in [1.82, 2.24) is 5.32 Å². The second-order valence-electron chi connectivity index (χ2n) is 7.18. The van der Waals surface area contributed by atoms with Crippen molar-refractivity contribution in [3.8, 4) is 0 Å². The summed E-state index contributed by atoms with van der Waals surface area (Å²) < 4.78 is 47.4. The summed E-state index contributed by atoms with van der Waals surface area (Å²) in [4.78, 5) is 12.0. The molecule has 1 aliphatic rings. The van der Waals surface area contributed by atoms with Crippen LogP contribution < -0.4 is 5.32 Å². The van der Waals surface area contributed by atoms with E-state index >= 15 is 0 Å². The molecule has 3 nitrogen and oxygen atoms in total. The van der Waals surface area contributed by atoms with Crippen LogP contribution in [-0.4, -0.2) is 11.4 Å². The molecule has 0 aromatic heterocycles. The molecule has 3 rings (SSSR count). The Hall–Kier alpha value is -2.34. The first-order valence-corrected chi connectivity index (χ1v) is 8.97. The van der Waals surface area contributed by atoms with Gasteiger partial charge in [0.1, 0.15) is 5.82 Å². The van der Waals surface area contributed by atoms with E-state index in [4.69, 9.17) is 4.74 Å². The zero-order chi connectivity index (χ0) is 19.6. The van der Waals surface area contributed by atoms with Gasteiger partial charge in [0.25, 0.3) is 0 Å². The van der Waals surface area contributed by atoms with Crippen molar-refractivity contribution in [3.05, 3.63) is 71.0 Å². The number of hydrogen-bond donors (Lipinski definition) is 1. The van der Waals surface area contributed by atoms with Crippen LogP contribution in [0.1, 0.15) is 56.4 Å². The molecular formula is C21H22F3NO2. The van der Waals surface area contributed by atoms with Crippen LogP contribution in [0.4, 0.5) is 13.2 Å². The van der Waals surface area contributed by atoms with Crippen molar-refractivity contribution in [1.29, 1.82) is 0 Å². The Morgan fingerprint density at radius 1 is 1.11 bits per heavy atom. The SMILES string of the molecule is CCC(=O)N[C@@]1(C)C[C@@H](c2ccc(F)cc2)O[C@@H](c2cccc(F)c2F)C1. The molecule has 1 N–H and O–H groups in total. The maximum Gasteiger partial charge on any atom is 0.220 e. The largest absolute Gasteiger partial charge is 0.365 e. The summed E-state index contributed by atoms with van der Waals surface area (Å²) in [5.41, 5.74) is 0.155. The quantitative estimate of drug-likeness (QED) is 0.816. The molecule has 27 heavy (non-hydrogen) atoms. The van der Waals surface area contributed by atoms with Gasteiger partial charge in [-0.25, -0.2) is 13.2 Å². The molecule has 0 unspecified atom stereocenters. The lowest BCUT2D eigenvalue weighted by Gasteiger charge is -2.43. The average molecular weight is 377 g/mol. The highest BCUT2D eigenvalue weighted by atomic mass is 19.2. The molecule has 1 saturated heterocycles. The summed E-state index contributed by atoms with van der Waals surface area (Å²) in [5.74, 6) is -2.40. The van der Waals surface area contributed by atoms with Crippen molar-refractivity contribution in [2.75, 3.05) is 0 Å². The van der Waals surface area contributed by atoms with Crippen LogP contribution in [0, 0.1) is 17.5 Å². The molecule has 3 atom stereocenters. The van der Waals surface area contributed by atoms with E-state index in [-0.39, 0.29) is 17.3 Å². The summed E-state index contributed by atoms with van der Waals surface area (Å²) >= 11 is 0. The molecule has 2 aromatic rings. The minimum atomic E-state index is -0.952. The molecule has 0 bridgehead atoms. The first-order chi connectivity index (χ1) is 12.8. The van der Waals surface area contributed by atoms with Gasteiger partial charge in [0.05, 0.1) is 12.2 Å². The van der Waals surface area contributed by atoms with E-state index in [1.807, 2.05) is 6.92 Å². The van der Waals surface area contributed by atoms with Crippen LogP contribution in [0.2, 0.25) is 0 Å². The fraction of sp³-hybridized carbons (Fsp3) is 0.381. The van der Waals surface area contributed by atoms with Crippen LogP contribution in [0.15, 0.2) is 42.5 Å². The monoisotopic (exact) mass is 377 g/mol. The van der Waals surface area contributed by atoms with E-state index in [1.165, 1.54) is 24.3 Å². The Bertz CT molecular complexity index is 825. The molecule has 0 aliphatic carbocycles. The Morgan fingerprint density at radius 3 is 2.44 bits per heavy atom. The van der Waals surface area contributed by atoms with Gasteiger partial charge in [-0.3, -0.25) is 4.79 Å². The van der Waals surface area contributed by atoms with Crippen molar-refractivity contribution in [2.24, 2.45) is 0 Å². The number of amides is 1. The van der Waals surface area contributed by atoms with Crippen LogP contribution in [0.3, 0.4) is 0 Å². The third kappa shape index (κ3) is 4.33. The van der Waals surface area contributed by atoms with Gasteiger partial charge in [0.15, 0.2) is 11.6 Å². The molecule has 1 aliphatic heterocycles. The molecule has 144 valence electrons. The minimum absolute atomic E-state index is 0.110. The van der Waals surface area contributed by atoms with Gasteiger partial charge in [-0.05, 0) is 30.7 Å². The van der Waals surface area contributed by atoms with Crippen LogP contribution >= 0.6 is 0 Å². The van der Waals surface area contributed by atoms with Gasteiger partial charge in [-0.1, -0.05) is 31.2 Å². The number of ether oxygens (including phenoxy) is 1. The lowest BCUT2D eigenvalue weighted by atomic mass is 9.81. The van der Waals surface area contributed by atoms with E-state index in [2.05, 4.69) is 5.32 Å². The lowest BCUT2D eigenvalue weighted by molar-refractivity contribution is -0.128. The predicted octanol–water partition coefficient (Wildman–Crippen LogP) is 4.98. The molecule has 1 amide bonds. The standard InChI is InChI=1S/C21H22F3NO2/c1-3-19(26)25-21(2)11-17(13-7-9-14(22)10-8-13)27-18(12-21)15-5-4-6-16(23)20(15)24/h4-10,17-18H,3,11-12H2,1-2H3,(H,25,26)/t17-,18+,21-/m0/s1. The Morgan fingerprint density at radius 2 is 1.78 bits per heavy atom. The number of rotatable bonds is 4. The highest BCUT2D eigenvalue weighted by molar-refractivity contribution is 5.76. The topological polar surface area (TPSA) is 38.3 Å². The Labute approximate surface area is 156 Å². The molecule has 1 heterocycles. The fourth-order valence-corrected chi connectivity index (χ4v) is 3.55. The van der Waals surface area contributed by atoms with Gasteiger partial charge in [-0.2, -0.15) is 0 Å². The number of carbonyl (C=O) groups excluding carboxylic acids is 1. The molecular weight excluding hydrogens is 355 g/mol. The summed E-state index contributed by atoms with van der Waals surface area (Å²) in [6.07, 6.45) is -0.175. The maximum absolute atomic E-state index is 14.4. The third-order valence-corrected chi connectivity index (χ3v) is 4.93. The van der Waals surface area contributed by atoms with Crippen LogP contribution in [-0.2, 0) is 9.53 Å². The van der Waals surface area contributed by atoms with E-state index < -0.39 is 29.4 Å². The van der Waals surface area contributed by atoms with Gasteiger partial charge >= 0.3 is 0 Å². The molecule has 0 spiro atoms. The molecule has 2 aromatic carbocycles. The predicted molar refractivity (Wildman–Crippen MR) is 95.4 cm³/mol. The molecule has 0 radical (unpaired) electrons. The summed E-state index contributed by atoms with van der Waals surface area (Å²) in [6.45, 7) is 3.61. The molecule has 6 heteroatoms. The molecule has 1 fully saturated rings. The highest BCUT2D eigenvalue weighted by Gasteiger charge is 2.41. The zero-order valence-corrected chi connectivity index (χ0v) is 15.3. The first kappa shape index (κ1) is 19.4. The van der Waals surface area contributed by atoms with Gasteiger partial charge in [-0.15, -0.1) is 0 Å². The zero-order valence-electron chi connectivity index (χ0n) is 15.3. The number of nitrogens with one attached hydrogen (secondary N) is 1. The minimum Gasteiger partial charge on any atom is -0.365 e. The maximum atomic E-state index is 14.4. The Balaban J connectivity index is 1.96. The van der Waals surface area contributed by atoms with Gasteiger partial charge < -0.3 is 10.1 Å². The van der Waals surface area contributed by atoms with Crippen LogP contribution in [0.25, 0.3) is 0 Å². The van der Waals surface area contributed by atoms with E-state index in [9.17, 15) is 18.0 Å². The van der Waals surface area contributed by atoms with Gasteiger partial charge in [0, 0.05) is 30.4 Å². The normalized spacial score (nSPS) is 25.2. The fourth-order valence-electron chi connectivity index (χ4n) is 3.55. The smallest absolute Gasteiger partial charge is 0.220 e. The van der Waals surface area contributed by atoms with Crippen LogP contribution in [0.5, 0.6) is 0 Å². The lowest BCUT2D eigenvalue weighted by Crippen LogP contribution is -2.50. The number of carbonyl (C=O) groups is 1. The van der Waals surface area contributed by atoms with E-state index in [0.717, 1.165) is 11.6 Å². The van der Waals surface area contributed by atoms with E-state index in [1.54, 1.807) is 19.1 Å². The summed E-state index contributed by atoms with van der Waals surface area (Å²) in [6, 6.07) is 9.83. The van der Waals surface area contributed by atoms with Gasteiger partial charge in [0.2, 0.25) is 5.91 Å². The van der Waals surface area contributed by atoms with Crippen molar-refractivity contribution >= 4 is 5.91 Å². The highest BCUT2D eigenvalue weighted by Crippen LogP contribution is 2.44.